The standard InChI is InChI=1S/C4H8S2.C3H6S3/c1-2-6-4-3-5-1;1-4-2-6-3-5-1/h1-4H2;1-3H2. The summed E-state index contributed by atoms with van der Waals surface area (Å²) in [6.45, 7) is 0. The van der Waals surface area contributed by atoms with E-state index in [4.69, 9.17) is 0 Å². The molecule has 0 aromatic rings. The lowest BCUT2D eigenvalue weighted by Crippen LogP contribution is -1.97. The monoisotopic (exact) mass is 258 g/mol. The van der Waals surface area contributed by atoms with Crippen molar-refractivity contribution in [2.24, 2.45) is 0 Å². The molecular weight excluding hydrogens is 244 g/mol. The van der Waals surface area contributed by atoms with Gasteiger partial charge in [0.15, 0.2) is 0 Å². The van der Waals surface area contributed by atoms with E-state index >= 15 is 0 Å². The van der Waals surface area contributed by atoms with Crippen LogP contribution in [0.25, 0.3) is 0 Å². The highest BCUT2D eigenvalue weighted by Crippen LogP contribution is 2.27. The van der Waals surface area contributed by atoms with E-state index in [1.54, 1.807) is 0 Å². The fourth-order valence-corrected chi connectivity index (χ4v) is 7.08. The minimum Gasteiger partial charge on any atom is -0.160 e. The average Bonchev–Trinajstić information content (AvgIpc) is 2.24. The Morgan fingerprint density at radius 3 is 0.917 bits per heavy atom. The van der Waals surface area contributed by atoms with Crippen molar-refractivity contribution in [1.82, 2.24) is 0 Å². The normalized spacial score (nSPS) is 24.0. The lowest BCUT2D eigenvalue weighted by atomic mass is 10.9. The van der Waals surface area contributed by atoms with Gasteiger partial charge in [-0.1, -0.05) is 0 Å². The van der Waals surface area contributed by atoms with Crippen LogP contribution in [0.15, 0.2) is 0 Å². The molecule has 2 aliphatic heterocycles. The Hall–Kier alpha value is 1.75. The Kier molecular flexibility index (Phi) is 9.17. The summed E-state index contributed by atoms with van der Waals surface area (Å²) in [5.41, 5.74) is 0. The van der Waals surface area contributed by atoms with Gasteiger partial charge >= 0.3 is 0 Å². The van der Waals surface area contributed by atoms with Crippen LogP contribution < -0.4 is 0 Å². The second-order valence-corrected chi connectivity index (χ2v) is 8.69. The first kappa shape index (κ1) is 11.8. The summed E-state index contributed by atoms with van der Waals surface area (Å²) in [6, 6.07) is 0. The molecule has 72 valence electrons. The van der Waals surface area contributed by atoms with E-state index in [9.17, 15) is 0 Å². The molecule has 0 nitrogen and oxygen atoms in total. The second-order valence-electron chi connectivity index (χ2n) is 2.19. The molecule has 2 saturated heterocycles. The molecule has 0 radical (unpaired) electrons. The van der Waals surface area contributed by atoms with Crippen molar-refractivity contribution in [3.63, 3.8) is 0 Å². The number of hydrogen-bond acceptors (Lipinski definition) is 5. The zero-order valence-electron chi connectivity index (χ0n) is 6.99. The van der Waals surface area contributed by atoms with Crippen molar-refractivity contribution in [2.45, 2.75) is 0 Å². The molecule has 5 heteroatoms. The largest absolute Gasteiger partial charge is 0.160 e. The SMILES string of the molecule is C1CSCCS1.C1SCSCS1. The van der Waals surface area contributed by atoms with E-state index in [0.717, 1.165) is 0 Å². The quantitative estimate of drug-likeness (QED) is 0.650. The van der Waals surface area contributed by atoms with Gasteiger partial charge < -0.3 is 0 Å². The van der Waals surface area contributed by atoms with Gasteiger partial charge in [0.05, 0.1) is 0 Å². The highest BCUT2D eigenvalue weighted by Gasteiger charge is 1.96. The minimum atomic E-state index is 1.31. The van der Waals surface area contributed by atoms with E-state index in [1.807, 2.05) is 35.3 Å². The summed E-state index contributed by atoms with van der Waals surface area (Å²) < 4.78 is 0. The van der Waals surface area contributed by atoms with Crippen molar-refractivity contribution in [3.05, 3.63) is 0 Å². The molecule has 2 rings (SSSR count). The van der Waals surface area contributed by atoms with Gasteiger partial charge in [-0.25, -0.2) is 0 Å². The van der Waals surface area contributed by atoms with Gasteiger partial charge in [-0.05, 0) is 0 Å². The predicted octanol–water partition coefficient (Wildman–Crippen LogP) is 3.54. The van der Waals surface area contributed by atoms with Crippen LogP contribution in [0.3, 0.4) is 0 Å². The van der Waals surface area contributed by atoms with Crippen LogP contribution >= 0.6 is 58.8 Å². The predicted molar refractivity (Wildman–Crippen MR) is 72.0 cm³/mol. The van der Waals surface area contributed by atoms with Crippen LogP contribution in [0.1, 0.15) is 0 Å². The summed E-state index contributed by atoms with van der Waals surface area (Å²) >= 11 is 10.2. The van der Waals surface area contributed by atoms with Crippen LogP contribution in [-0.2, 0) is 0 Å². The third-order valence-electron chi connectivity index (χ3n) is 1.24. The van der Waals surface area contributed by atoms with Crippen LogP contribution in [0.4, 0.5) is 0 Å². The zero-order valence-corrected chi connectivity index (χ0v) is 11.1. The van der Waals surface area contributed by atoms with E-state index in [0.29, 0.717) is 0 Å². The Labute approximate surface area is 96.5 Å². The molecule has 0 unspecified atom stereocenters. The Morgan fingerprint density at radius 2 is 0.750 bits per heavy atom. The summed E-state index contributed by atoms with van der Waals surface area (Å²) in [6.07, 6.45) is 0. The molecule has 0 aromatic carbocycles. The molecule has 0 atom stereocenters. The van der Waals surface area contributed by atoms with Gasteiger partial charge in [-0.2, -0.15) is 23.5 Å². The van der Waals surface area contributed by atoms with Gasteiger partial charge in [0, 0.05) is 38.3 Å². The number of thioether (sulfide) groups is 5. The molecule has 0 spiro atoms. The summed E-state index contributed by atoms with van der Waals surface area (Å²) in [5, 5.41) is 3.94. The average molecular weight is 259 g/mol. The third kappa shape index (κ3) is 7.18. The molecular formula is C7H14S5. The second kappa shape index (κ2) is 9.31. The van der Waals surface area contributed by atoms with E-state index < -0.39 is 0 Å². The molecule has 2 fully saturated rings. The molecule has 0 N–H and O–H groups in total. The summed E-state index contributed by atoms with van der Waals surface area (Å²) in [7, 11) is 0. The lowest BCUT2D eigenvalue weighted by molar-refractivity contribution is 1.43. The fourth-order valence-electron chi connectivity index (χ4n) is 0.719. The van der Waals surface area contributed by atoms with Gasteiger partial charge in [0.25, 0.3) is 0 Å². The first-order chi connectivity index (χ1) is 6.00. The first-order valence-electron chi connectivity index (χ1n) is 3.89. The highest BCUT2D eigenvalue weighted by atomic mass is 32.3. The molecule has 0 aliphatic carbocycles. The van der Waals surface area contributed by atoms with Crippen molar-refractivity contribution in [2.75, 3.05) is 38.3 Å². The van der Waals surface area contributed by atoms with Crippen LogP contribution in [0.2, 0.25) is 0 Å². The van der Waals surface area contributed by atoms with E-state index in [2.05, 4.69) is 23.5 Å². The highest BCUT2D eigenvalue weighted by molar-refractivity contribution is 8.31. The molecule has 2 heterocycles. The van der Waals surface area contributed by atoms with E-state index in [-0.39, 0.29) is 0 Å². The van der Waals surface area contributed by atoms with Gasteiger partial charge in [0.1, 0.15) is 0 Å². The molecule has 0 saturated carbocycles. The smallest absolute Gasteiger partial charge is 0.0408 e. The number of rotatable bonds is 0. The molecule has 0 amide bonds. The topological polar surface area (TPSA) is 0 Å². The molecule has 0 aromatic heterocycles. The van der Waals surface area contributed by atoms with E-state index in [1.165, 1.54) is 38.3 Å². The van der Waals surface area contributed by atoms with Gasteiger partial charge in [-0.15, -0.1) is 35.3 Å². The van der Waals surface area contributed by atoms with Crippen LogP contribution in [-0.4, -0.2) is 38.3 Å². The van der Waals surface area contributed by atoms with Crippen LogP contribution in [0.5, 0.6) is 0 Å². The maximum Gasteiger partial charge on any atom is 0.0408 e. The minimum absolute atomic E-state index is 1.31. The number of hydrogen-bond donors (Lipinski definition) is 0. The first-order valence-corrected chi connectivity index (χ1v) is 9.66. The van der Waals surface area contributed by atoms with Crippen LogP contribution in [0, 0.1) is 0 Å². The Balaban J connectivity index is 0.000000120. The van der Waals surface area contributed by atoms with Gasteiger partial charge in [0.2, 0.25) is 0 Å². The fraction of sp³-hybridized carbons (Fsp3) is 1.00. The Bertz CT molecular complexity index is 54.8. The van der Waals surface area contributed by atoms with Crippen molar-refractivity contribution < 1.29 is 0 Å². The molecule has 2 aliphatic rings. The van der Waals surface area contributed by atoms with Crippen molar-refractivity contribution in [3.8, 4) is 0 Å². The summed E-state index contributed by atoms with van der Waals surface area (Å²) in [4.78, 5) is 0. The van der Waals surface area contributed by atoms with Crippen molar-refractivity contribution in [1.29, 1.82) is 0 Å². The maximum atomic E-state index is 2.07. The zero-order chi connectivity index (χ0) is 8.49. The molecule has 12 heavy (non-hydrogen) atoms. The molecule has 0 bridgehead atoms. The van der Waals surface area contributed by atoms with Gasteiger partial charge in [-0.3, -0.25) is 0 Å². The van der Waals surface area contributed by atoms with Crippen molar-refractivity contribution >= 4 is 58.8 Å². The summed E-state index contributed by atoms with van der Waals surface area (Å²) in [5.74, 6) is 5.52. The third-order valence-corrected chi connectivity index (χ3v) is 7.73. The lowest BCUT2D eigenvalue weighted by Gasteiger charge is -2.05. The maximum absolute atomic E-state index is 2.07. The Morgan fingerprint density at radius 1 is 0.417 bits per heavy atom.